The first-order valence-electron chi connectivity index (χ1n) is 12.2. The van der Waals surface area contributed by atoms with Gasteiger partial charge in [-0.05, 0) is 40.1 Å². The molecule has 1 aromatic carbocycles. The third-order valence-corrected chi connectivity index (χ3v) is 8.71. The van der Waals surface area contributed by atoms with E-state index in [-0.39, 0.29) is 48.9 Å². The molecule has 0 bridgehead atoms. The lowest BCUT2D eigenvalue weighted by Crippen LogP contribution is -2.37. The van der Waals surface area contributed by atoms with E-state index in [2.05, 4.69) is 4.37 Å². The summed E-state index contributed by atoms with van der Waals surface area (Å²) in [4.78, 5) is 39.7. The van der Waals surface area contributed by atoms with Gasteiger partial charge in [-0.2, -0.15) is 4.37 Å². The van der Waals surface area contributed by atoms with Crippen molar-refractivity contribution in [3.63, 3.8) is 0 Å². The quantitative estimate of drug-likeness (QED) is 0.284. The van der Waals surface area contributed by atoms with E-state index in [1.165, 1.54) is 7.11 Å². The number of rotatable bonds is 4. The smallest absolute Gasteiger partial charge is 0.365 e. The molecule has 38 heavy (non-hydrogen) atoms. The van der Waals surface area contributed by atoms with Crippen LogP contribution in [0.1, 0.15) is 75.3 Å². The molecule has 7 nitrogen and oxygen atoms in total. The van der Waals surface area contributed by atoms with Gasteiger partial charge in [-0.3, -0.25) is 9.59 Å². The maximum absolute atomic E-state index is 13.5. The molecule has 2 heterocycles. The van der Waals surface area contributed by atoms with Crippen molar-refractivity contribution in [2.24, 2.45) is 10.8 Å². The van der Waals surface area contributed by atoms with Crippen molar-refractivity contribution in [1.29, 1.82) is 0 Å². The van der Waals surface area contributed by atoms with Crippen molar-refractivity contribution in [3.05, 3.63) is 61.5 Å². The van der Waals surface area contributed by atoms with Gasteiger partial charge < -0.3 is 14.2 Å². The van der Waals surface area contributed by atoms with Crippen LogP contribution in [0, 0.1) is 10.8 Å². The zero-order valence-electron chi connectivity index (χ0n) is 21.7. The molecule has 200 valence electrons. The van der Waals surface area contributed by atoms with Crippen molar-refractivity contribution in [3.8, 4) is 11.5 Å². The molecule has 2 aliphatic carbocycles. The fraction of sp³-hybridized carbons (Fsp3) is 0.429. The Morgan fingerprint density at radius 2 is 1.55 bits per heavy atom. The lowest BCUT2D eigenvalue weighted by Gasteiger charge is -2.42. The zero-order valence-corrected chi connectivity index (χ0v) is 24.0. The number of ketones is 2. The van der Waals surface area contributed by atoms with Crippen LogP contribution in [0.15, 0.2) is 40.9 Å². The minimum absolute atomic E-state index is 0.0239. The molecular weight excluding hydrogens is 549 g/mol. The first-order chi connectivity index (χ1) is 17.8. The predicted molar refractivity (Wildman–Crippen MR) is 144 cm³/mol. The van der Waals surface area contributed by atoms with Gasteiger partial charge in [0, 0.05) is 42.7 Å². The van der Waals surface area contributed by atoms with E-state index in [1.807, 2.05) is 27.7 Å². The van der Waals surface area contributed by atoms with Gasteiger partial charge >= 0.3 is 5.97 Å². The minimum Gasteiger partial charge on any atom is -0.493 e. The molecule has 1 aromatic heterocycles. The Kier molecular flexibility index (Phi) is 6.73. The molecule has 5 rings (SSSR count). The van der Waals surface area contributed by atoms with Crippen LogP contribution in [0.4, 0.5) is 0 Å². The molecule has 0 radical (unpaired) electrons. The van der Waals surface area contributed by atoms with Crippen LogP contribution in [0.3, 0.4) is 0 Å². The fourth-order valence-corrected chi connectivity index (χ4v) is 6.47. The van der Waals surface area contributed by atoms with E-state index >= 15 is 0 Å². The molecule has 0 N–H and O–H groups in total. The second kappa shape index (κ2) is 9.50. The molecule has 0 fully saturated rings. The Morgan fingerprint density at radius 1 is 0.974 bits per heavy atom. The number of methoxy groups -OCH3 is 1. The number of carbonyl (C=O) groups excluding carboxylic acids is 3. The summed E-state index contributed by atoms with van der Waals surface area (Å²) in [6.07, 6.45) is 1.91. The second-order valence-corrected chi connectivity index (χ2v) is 13.3. The Balaban J connectivity index is 1.58. The molecule has 0 saturated heterocycles. The molecule has 3 aliphatic rings. The summed E-state index contributed by atoms with van der Waals surface area (Å²) in [7, 11) is 1.45. The highest BCUT2D eigenvalue weighted by Crippen LogP contribution is 2.53. The predicted octanol–water partition coefficient (Wildman–Crippen LogP) is 7.08. The van der Waals surface area contributed by atoms with Gasteiger partial charge in [0.2, 0.25) is 0 Å². The number of allylic oxidation sites excluding steroid dienone is 4. The van der Waals surface area contributed by atoms with Gasteiger partial charge in [0.15, 0.2) is 28.8 Å². The number of aromatic nitrogens is 1. The summed E-state index contributed by atoms with van der Waals surface area (Å²) in [6, 6.07) is 5.02. The first-order valence-corrected chi connectivity index (χ1v) is 13.7. The third kappa shape index (κ3) is 4.78. The molecule has 0 atom stereocenters. The average molecular weight is 576 g/mol. The van der Waals surface area contributed by atoms with Crippen LogP contribution >= 0.6 is 34.7 Å². The number of esters is 1. The maximum Gasteiger partial charge on any atom is 0.365 e. The van der Waals surface area contributed by atoms with Crippen molar-refractivity contribution in [1.82, 2.24) is 4.37 Å². The number of halogens is 2. The highest BCUT2D eigenvalue weighted by atomic mass is 35.5. The summed E-state index contributed by atoms with van der Waals surface area (Å²) >= 11 is 12.9. The fourth-order valence-electron chi connectivity index (χ4n) is 5.49. The van der Waals surface area contributed by atoms with Crippen molar-refractivity contribution < 1.29 is 28.6 Å². The van der Waals surface area contributed by atoms with Crippen LogP contribution in [-0.4, -0.2) is 29.0 Å². The number of ether oxygens (including phenoxy) is 3. The second-order valence-electron chi connectivity index (χ2n) is 11.5. The summed E-state index contributed by atoms with van der Waals surface area (Å²) in [5, 5.41) is 0.0239. The van der Waals surface area contributed by atoms with Crippen molar-refractivity contribution >= 4 is 52.3 Å². The monoisotopic (exact) mass is 575 g/mol. The zero-order chi connectivity index (χ0) is 27.6. The number of hydrogen-bond acceptors (Lipinski definition) is 8. The Morgan fingerprint density at radius 3 is 2.05 bits per heavy atom. The van der Waals surface area contributed by atoms with Crippen molar-refractivity contribution in [2.45, 2.75) is 59.3 Å². The normalized spacial score (nSPS) is 20.6. The summed E-state index contributed by atoms with van der Waals surface area (Å²) < 4.78 is 21.6. The standard InChI is InChI=1S/C28H27Cl2NO6S/c1-27(2)9-14(32)21-18(11-27)36-19-12-28(3,4)10-15(33)22(19)20(21)13-6-7-16(17(8-13)35-5)37-26(34)24-23(29)25(30)38-31-24/h6-8,20H,9-12H2,1-5H3. The number of benzene rings is 1. The molecule has 1 aliphatic heterocycles. The minimum atomic E-state index is -0.778. The Labute approximate surface area is 234 Å². The number of hydrogen-bond donors (Lipinski definition) is 0. The van der Waals surface area contributed by atoms with Gasteiger partial charge in [-0.15, -0.1) is 0 Å². The third-order valence-electron chi connectivity index (χ3n) is 7.10. The number of Topliss-reactive ketones (excluding diaryl/α,β-unsaturated/α-hetero) is 2. The molecule has 10 heteroatoms. The highest BCUT2D eigenvalue weighted by molar-refractivity contribution is 7.11. The first kappa shape index (κ1) is 26.9. The topological polar surface area (TPSA) is 91.8 Å². The summed E-state index contributed by atoms with van der Waals surface area (Å²) in [5.74, 6) is 0.228. The molecular formula is C28H27Cl2NO6S. The van der Waals surface area contributed by atoms with Crippen LogP contribution in [0.5, 0.6) is 11.5 Å². The number of carbonyl (C=O) groups is 3. The van der Waals surface area contributed by atoms with Gasteiger partial charge in [0.1, 0.15) is 20.9 Å². The maximum atomic E-state index is 13.5. The Bertz CT molecular complexity index is 1400. The van der Waals surface area contributed by atoms with Crippen LogP contribution < -0.4 is 9.47 Å². The van der Waals surface area contributed by atoms with E-state index < -0.39 is 11.9 Å². The van der Waals surface area contributed by atoms with Crippen LogP contribution in [-0.2, 0) is 14.3 Å². The largest absolute Gasteiger partial charge is 0.493 e. The average Bonchev–Trinajstić information content (AvgIpc) is 3.14. The molecule has 0 saturated carbocycles. The van der Waals surface area contributed by atoms with E-state index in [9.17, 15) is 14.4 Å². The van der Waals surface area contributed by atoms with E-state index in [0.29, 0.717) is 53.9 Å². The van der Waals surface area contributed by atoms with E-state index in [1.54, 1.807) is 18.2 Å². The Hall–Kier alpha value is -2.68. The van der Waals surface area contributed by atoms with E-state index in [4.69, 9.17) is 37.4 Å². The molecule has 0 spiro atoms. The molecule has 0 unspecified atom stereocenters. The molecule has 0 amide bonds. The summed E-state index contributed by atoms with van der Waals surface area (Å²) in [6.45, 7) is 8.17. The lowest BCUT2D eigenvalue weighted by molar-refractivity contribution is -0.120. The van der Waals surface area contributed by atoms with Gasteiger partial charge in [-0.1, -0.05) is 57.0 Å². The highest BCUT2D eigenvalue weighted by Gasteiger charge is 2.48. The van der Waals surface area contributed by atoms with Crippen LogP contribution in [0.25, 0.3) is 0 Å². The van der Waals surface area contributed by atoms with Gasteiger partial charge in [0.05, 0.1) is 7.11 Å². The lowest BCUT2D eigenvalue weighted by atomic mass is 9.65. The van der Waals surface area contributed by atoms with Gasteiger partial charge in [0.25, 0.3) is 0 Å². The number of nitrogens with zero attached hydrogens (tertiary/aromatic N) is 1. The summed E-state index contributed by atoms with van der Waals surface area (Å²) in [5.41, 5.74) is 1.14. The van der Waals surface area contributed by atoms with E-state index in [0.717, 1.165) is 11.5 Å². The molecule has 2 aromatic rings. The SMILES string of the molecule is COc1cc(C2C3=C(CC(C)(C)CC3=O)OC3=C2C(=O)CC(C)(C)C3)ccc1OC(=O)c1nsc(Cl)c1Cl. The van der Waals surface area contributed by atoms with Crippen LogP contribution in [0.2, 0.25) is 9.36 Å². The van der Waals surface area contributed by atoms with Crippen molar-refractivity contribution in [2.75, 3.05) is 7.11 Å². The van der Waals surface area contributed by atoms with Gasteiger partial charge in [-0.25, -0.2) is 4.79 Å².